The molecule has 0 spiro atoms. The highest BCUT2D eigenvalue weighted by atomic mass is 32.2. The molecule has 0 bridgehead atoms. The predicted molar refractivity (Wildman–Crippen MR) is 65.0 cm³/mol. The van der Waals surface area contributed by atoms with Gasteiger partial charge < -0.3 is 4.74 Å². The van der Waals surface area contributed by atoms with Crippen LogP contribution in [-0.2, 0) is 19.6 Å². The van der Waals surface area contributed by atoms with Crippen LogP contribution in [0.25, 0.3) is 0 Å². The molecule has 0 radical (unpaired) electrons. The molecule has 17 heavy (non-hydrogen) atoms. The highest BCUT2D eigenvalue weighted by Gasteiger charge is 2.26. The Labute approximate surface area is 103 Å². The lowest BCUT2D eigenvalue weighted by Gasteiger charge is -2.31. The third-order valence-electron chi connectivity index (χ3n) is 3.24. The average molecular weight is 263 g/mol. The summed E-state index contributed by atoms with van der Waals surface area (Å²) >= 11 is 0. The van der Waals surface area contributed by atoms with Crippen molar-refractivity contribution < 1.29 is 17.9 Å². The first-order chi connectivity index (χ1) is 7.94. The summed E-state index contributed by atoms with van der Waals surface area (Å²) in [6.45, 7) is 1.90. The van der Waals surface area contributed by atoms with E-state index >= 15 is 0 Å². The van der Waals surface area contributed by atoms with E-state index in [9.17, 15) is 13.2 Å². The van der Waals surface area contributed by atoms with Crippen molar-refractivity contribution in [2.45, 2.75) is 45.1 Å². The zero-order chi connectivity index (χ0) is 12.9. The molecule has 100 valence electrons. The molecular formula is C11H21NO4S. The lowest BCUT2D eigenvalue weighted by molar-refractivity contribution is -0.140. The summed E-state index contributed by atoms with van der Waals surface area (Å²) < 4.78 is 30.5. The third-order valence-corrected chi connectivity index (χ3v) is 4.80. The van der Waals surface area contributed by atoms with E-state index in [1.54, 1.807) is 0 Å². The number of carbonyl (C=O) groups excluding carboxylic acids is 1. The van der Waals surface area contributed by atoms with Gasteiger partial charge >= 0.3 is 5.97 Å². The molecule has 0 aromatic heterocycles. The minimum Gasteiger partial charge on any atom is -0.469 e. The molecule has 0 aliphatic heterocycles. The first-order valence-electron chi connectivity index (χ1n) is 6.01. The Kier molecular flexibility index (Phi) is 5.39. The Bertz CT molecular complexity index is 348. The molecule has 1 N–H and O–H groups in total. The van der Waals surface area contributed by atoms with Gasteiger partial charge in [-0.3, -0.25) is 4.79 Å². The second-order valence-electron chi connectivity index (χ2n) is 4.60. The van der Waals surface area contributed by atoms with E-state index in [0.717, 1.165) is 12.8 Å². The number of hydrogen-bond acceptors (Lipinski definition) is 4. The zero-order valence-corrected chi connectivity index (χ0v) is 11.3. The zero-order valence-electron chi connectivity index (χ0n) is 10.4. The molecule has 0 aromatic rings. The Morgan fingerprint density at radius 2 is 2.12 bits per heavy atom. The van der Waals surface area contributed by atoms with E-state index in [1.165, 1.54) is 13.5 Å². The summed E-state index contributed by atoms with van der Waals surface area (Å²) in [6, 6.07) is 0.00637. The summed E-state index contributed by atoms with van der Waals surface area (Å²) in [7, 11) is -1.96. The number of nitrogens with one attached hydrogen (secondary N) is 1. The number of ether oxygens (including phenoxy) is 1. The molecule has 1 aliphatic rings. The first-order valence-corrected chi connectivity index (χ1v) is 7.66. The van der Waals surface area contributed by atoms with Crippen LogP contribution in [0, 0.1) is 5.92 Å². The van der Waals surface area contributed by atoms with E-state index in [-0.39, 0.29) is 24.2 Å². The predicted octanol–water partition coefficient (Wildman–Crippen LogP) is 1.05. The van der Waals surface area contributed by atoms with Crippen molar-refractivity contribution >= 4 is 16.0 Å². The summed E-state index contributed by atoms with van der Waals surface area (Å²) in [6.07, 6.45) is 3.85. The molecule has 0 amide bonds. The van der Waals surface area contributed by atoms with Crippen LogP contribution in [0.1, 0.15) is 39.0 Å². The minimum absolute atomic E-state index is 0.00637. The molecular weight excluding hydrogens is 242 g/mol. The van der Waals surface area contributed by atoms with Crippen LogP contribution >= 0.6 is 0 Å². The van der Waals surface area contributed by atoms with Gasteiger partial charge in [0.05, 0.1) is 12.9 Å². The number of hydrogen-bond donors (Lipinski definition) is 1. The highest BCUT2D eigenvalue weighted by Crippen LogP contribution is 2.29. The van der Waals surface area contributed by atoms with Gasteiger partial charge in [-0.2, -0.15) is 0 Å². The third kappa shape index (κ3) is 5.04. The van der Waals surface area contributed by atoms with Crippen LogP contribution in [0.5, 0.6) is 0 Å². The van der Waals surface area contributed by atoms with Crippen molar-refractivity contribution in [3.8, 4) is 0 Å². The maximum atomic E-state index is 11.7. The molecule has 0 aromatic carbocycles. The molecule has 1 fully saturated rings. The number of methoxy groups -OCH3 is 1. The molecule has 5 nitrogen and oxygen atoms in total. The molecule has 1 unspecified atom stereocenters. The molecule has 1 aliphatic carbocycles. The fourth-order valence-electron chi connectivity index (χ4n) is 1.89. The maximum absolute atomic E-state index is 11.7. The summed E-state index contributed by atoms with van der Waals surface area (Å²) in [5.74, 6) is 0.0942. The van der Waals surface area contributed by atoms with Crippen molar-refractivity contribution in [2.24, 2.45) is 5.92 Å². The fraction of sp³-hybridized carbons (Fsp3) is 0.909. The topological polar surface area (TPSA) is 72.5 Å². The Morgan fingerprint density at radius 1 is 1.47 bits per heavy atom. The van der Waals surface area contributed by atoms with Gasteiger partial charge in [-0.15, -0.1) is 0 Å². The molecule has 1 atom stereocenters. The van der Waals surface area contributed by atoms with E-state index in [0.29, 0.717) is 12.3 Å². The largest absolute Gasteiger partial charge is 0.469 e. The lowest BCUT2D eigenvalue weighted by Crippen LogP contribution is -2.41. The van der Waals surface area contributed by atoms with Crippen LogP contribution in [0.2, 0.25) is 0 Å². The van der Waals surface area contributed by atoms with E-state index in [4.69, 9.17) is 0 Å². The van der Waals surface area contributed by atoms with Gasteiger partial charge in [0.15, 0.2) is 0 Å². The van der Waals surface area contributed by atoms with Crippen molar-refractivity contribution in [1.29, 1.82) is 0 Å². The van der Waals surface area contributed by atoms with Crippen LogP contribution in [0.15, 0.2) is 0 Å². The summed E-state index contributed by atoms with van der Waals surface area (Å²) in [5.41, 5.74) is 0. The smallest absolute Gasteiger partial charge is 0.305 e. The Morgan fingerprint density at radius 3 is 2.59 bits per heavy atom. The number of esters is 1. The van der Waals surface area contributed by atoms with Crippen molar-refractivity contribution in [1.82, 2.24) is 4.72 Å². The van der Waals surface area contributed by atoms with E-state index in [1.807, 2.05) is 6.92 Å². The van der Waals surface area contributed by atoms with Gasteiger partial charge in [0.2, 0.25) is 10.0 Å². The number of rotatable bonds is 7. The van der Waals surface area contributed by atoms with E-state index in [2.05, 4.69) is 9.46 Å². The average Bonchev–Trinajstić information content (AvgIpc) is 2.13. The lowest BCUT2D eigenvalue weighted by atomic mass is 9.81. The normalized spacial score (nSPS) is 18.5. The van der Waals surface area contributed by atoms with E-state index < -0.39 is 10.0 Å². The van der Waals surface area contributed by atoms with Crippen LogP contribution in [0.3, 0.4) is 0 Å². The van der Waals surface area contributed by atoms with Crippen LogP contribution in [0.4, 0.5) is 0 Å². The van der Waals surface area contributed by atoms with Gasteiger partial charge in [0, 0.05) is 12.5 Å². The monoisotopic (exact) mass is 263 g/mol. The second kappa shape index (κ2) is 6.35. The van der Waals surface area contributed by atoms with Gasteiger partial charge in [0.1, 0.15) is 0 Å². The second-order valence-corrected chi connectivity index (χ2v) is 6.47. The molecule has 1 saturated carbocycles. The highest BCUT2D eigenvalue weighted by molar-refractivity contribution is 7.89. The van der Waals surface area contributed by atoms with Crippen molar-refractivity contribution in [2.75, 3.05) is 12.9 Å². The molecule has 1 rings (SSSR count). The quantitative estimate of drug-likeness (QED) is 0.697. The van der Waals surface area contributed by atoms with Crippen molar-refractivity contribution in [3.63, 3.8) is 0 Å². The summed E-state index contributed by atoms with van der Waals surface area (Å²) in [5, 5.41) is 0. The Balaban J connectivity index is 2.27. The van der Waals surface area contributed by atoms with Gasteiger partial charge in [-0.05, 0) is 32.1 Å². The Hall–Kier alpha value is -0.620. The molecule has 0 heterocycles. The van der Waals surface area contributed by atoms with Gasteiger partial charge in [-0.1, -0.05) is 6.42 Å². The fourth-order valence-corrected chi connectivity index (χ4v) is 3.29. The first kappa shape index (κ1) is 14.4. The summed E-state index contributed by atoms with van der Waals surface area (Å²) in [4.78, 5) is 10.8. The van der Waals surface area contributed by atoms with Crippen LogP contribution in [-0.4, -0.2) is 33.3 Å². The maximum Gasteiger partial charge on any atom is 0.305 e. The number of sulfonamides is 1. The molecule has 0 saturated heterocycles. The molecule has 6 heteroatoms. The minimum atomic E-state index is -3.26. The van der Waals surface area contributed by atoms with Crippen LogP contribution < -0.4 is 4.72 Å². The SMILES string of the molecule is COC(=O)CCCS(=O)(=O)NC(C)C1CCC1. The van der Waals surface area contributed by atoms with Gasteiger partial charge in [-0.25, -0.2) is 13.1 Å². The standard InChI is InChI=1S/C11H21NO4S/c1-9(10-5-3-6-10)12-17(14,15)8-4-7-11(13)16-2/h9-10,12H,3-8H2,1-2H3. The van der Waals surface area contributed by atoms with Gasteiger partial charge in [0.25, 0.3) is 0 Å². The number of carbonyl (C=O) groups is 1. The van der Waals surface area contributed by atoms with Crippen molar-refractivity contribution in [3.05, 3.63) is 0 Å².